The summed E-state index contributed by atoms with van der Waals surface area (Å²) in [6, 6.07) is 6.73. The molecule has 4 bridgehead atoms. The minimum atomic E-state index is -3.81. The Kier molecular flexibility index (Phi) is 5.93. The quantitative estimate of drug-likeness (QED) is 0.439. The lowest BCUT2D eigenvalue weighted by molar-refractivity contribution is -0.179. The highest BCUT2D eigenvalue weighted by atomic mass is 32.2. The lowest BCUT2D eigenvalue weighted by Gasteiger charge is -2.59. The Morgan fingerprint density at radius 3 is 2.19 bits per heavy atom. The molecule has 6 nitrogen and oxygen atoms in total. The van der Waals surface area contributed by atoms with Gasteiger partial charge in [0.1, 0.15) is 6.79 Å². The second kappa shape index (κ2) is 8.41. The molecule has 6 rings (SSSR count). The normalized spacial score (nSPS) is 39.3. The van der Waals surface area contributed by atoms with Gasteiger partial charge in [0.15, 0.2) is 0 Å². The molecule has 1 heterocycles. The molecule has 5 fully saturated rings. The molecular weight excluding hydrogens is 416 g/mol. The highest BCUT2D eigenvalue weighted by Crippen LogP contribution is 2.63. The molecule has 0 radical (unpaired) electrons. The first kappa shape index (κ1) is 21.8. The Bertz CT molecular complexity index is 845. The molecule has 1 aromatic rings. The van der Waals surface area contributed by atoms with Gasteiger partial charge in [-0.05, 0) is 80.8 Å². The van der Waals surface area contributed by atoms with E-state index in [0.29, 0.717) is 6.42 Å². The van der Waals surface area contributed by atoms with Crippen LogP contribution >= 0.6 is 0 Å². The minimum absolute atomic E-state index is 0.00766. The first-order chi connectivity index (χ1) is 14.9. The van der Waals surface area contributed by atoms with Gasteiger partial charge in [-0.25, -0.2) is 0 Å². The Morgan fingerprint density at radius 1 is 1.00 bits per heavy atom. The SMILES string of the molecule is COCO[C@H]1C[C@H](COS(=O)(=O)c2ccc(C)cc2)O[C@@H]1C12CC3CC(CC(C3)C1)C2. The monoisotopic (exact) mass is 450 g/mol. The molecule has 0 amide bonds. The molecule has 0 N–H and O–H groups in total. The molecule has 0 unspecified atom stereocenters. The second-order valence-corrected chi connectivity index (χ2v) is 12.0. The number of benzene rings is 1. The summed E-state index contributed by atoms with van der Waals surface area (Å²) in [7, 11) is -2.18. The van der Waals surface area contributed by atoms with Crippen LogP contribution in [0.25, 0.3) is 0 Å². The number of ether oxygens (including phenoxy) is 3. The summed E-state index contributed by atoms with van der Waals surface area (Å²) in [5.41, 5.74) is 1.17. The number of hydrogen-bond acceptors (Lipinski definition) is 6. The zero-order valence-corrected chi connectivity index (χ0v) is 19.3. The zero-order chi connectivity index (χ0) is 21.6. The van der Waals surface area contributed by atoms with Crippen LogP contribution in [0.2, 0.25) is 0 Å². The molecular formula is C24H34O6S. The summed E-state index contributed by atoms with van der Waals surface area (Å²) < 4.78 is 48.5. The van der Waals surface area contributed by atoms with Crippen molar-refractivity contribution in [3.05, 3.63) is 29.8 Å². The Labute approximate surface area is 185 Å². The molecule has 31 heavy (non-hydrogen) atoms. The largest absolute Gasteiger partial charge is 0.369 e. The summed E-state index contributed by atoms with van der Waals surface area (Å²) in [6.07, 6.45) is 8.02. The van der Waals surface area contributed by atoms with Crippen LogP contribution in [-0.4, -0.2) is 47.2 Å². The average Bonchev–Trinajstić information content (AvgIpc) is 3.14. The van der Waals surface area contributed by atoms with Gasteiger partial charge in [-0.1, -0.05) is 17.7 Å². The molecule has 5 aliphatic rings. The predicted octanol–water partition coefficient (Wildman–Crippen LogP) is 4.06. The molecule has 1 aromatic carbocycles. The van der Waals surface area contributed by atoms with E-state index in [1.54, 1.807) is 31.4 Å². The van der Waals surface area contributed by atoms with E-state index in [1.165, 1.54) is 38.5 Å². The zero-order valence-electron chi connectivity index (χ0n) is 18.5. The van der Waals surface area contributed by atoms with E-state index >= 15 is 0 Å². The molecule has 0 spiro atoms. The number of methoxy groups -OCH3 is 1. The van der Waals surface area contributed by atoms with E-state index in [4.69, 9.17) is 18.4 Å². The van der Waals surface area contributed by atoms with Crippen LogP contribution in [0.4, 0.5) is 0 Å². The summed E-state index contributed by atoms with van der Waals surface area (Å²) in [4.78, 5) is 0.181. The van der Waals surface area contributed by atoms with Crippen LogP contribution in [0.15, 0.2) is 29.2 Å². The van der Waals surface area contributed by atoms with Crippen molar-refractivity contribution < 1.29 is 26.8 Å². The van der Waals surface area contributed by atoms with E-state index in [-0.39, 0.29) is 42.0 Å². The smallest absolute Gasteiger partial charge is 0.297 e. The Hall–Kier alpha value is -0.990. The third kappa shape index (κ3) is 4.32. The first-order valence-corrected chi connectivity index (χ1v) is 13.0. The van der Waals surface area contributed by atoms with Gasteiger partial charge in [0.05, 0.1) is 29.8 Å². The van der Waals surface area contributed by atoms with Crippen molar-refractivity contribution in [2.75, 3.05) is 20.5 Å². The average molecular weight is 451 g/mol. The lowest BCUT2D eigenvalue weighted by Crippen LogP contribution is -2.54. The fraction of sp³-hybridized carbons (Fsp3) is 0.750. The molecule has 172 valence electrons. The van der Waals surface area contributed by atoms with Crippen LogP contribution in [0.1, 0.15) is 50.5 Å². The minimum Gasteiger partial charge on any atom is -0.369 e. The van der Waals surface area contributed by atoms with Gasteiger partial charge < -0.3 is 14.2 Å². The standard InChI is InChI=1S/C24H34O6S/c1-16-3-5-21(6-4-16)31(25,26)29-14-20-10-22(28-15-27-2)23(30-20)24-11-17-7-18(12-24)9-19(8-17)13-24/h3-6,17-20,22-23H,7-15H2,1-2H3/t17?,18?,19?,20-,22+,23+,24?/m1/s1. The summed E-state index contributed by atoms with van der Waals surface area (Å²) >= 11 is 0. The lowest BCUT2D eigenvalue weighted by atomic mass is 9.48. The third-order valence-corrected chi connectivity index (χ3v) is 9.28. The summed E-state index contributed by atoms with van der Waals surface area (Å²) in [5, 5.41) is 0. The molecule has 3 atom stereocenters. The van der Waals surface area contributed by atoms with Gasteiger partial charge in [-0.3, -0.25) is 4.18 Å². The van der Waals surface area contributed by atoms with E-state index in [9.17, 15) is 8.42 Å². The van der Waals surface area contributed by atoms with Crippen LogP contribution < -0.4 is 0 Å². The van der Waals surface area contributed by atoms with Crippen molar-refractivity contribution >= 4 is 10.1 Å². The first-order valence-electron chi connectivity index (χ1n) is 11.6. The van der Waals surface area contributed by atoms with Gasteiger partial charge >= 0.3 is 0 Å². The molecule has 7 heteroatoms. The Balaban J connectivity index is 1.28. The molecule has 4 aliphatic carbocycles. The van der Waals surface area contributed by atoms with Gasteiger partial charge in [0, 0.05) is 13.5 Å². The molecule has 4 saturated carbocycles. The van der Waals surface area contributed by atoms with Gasteiger partial charge in [0.25, 0.3) is 10.1 Å². The summed E-state index contributed by atoms with van der Waals surface area (Å²) in [6.45, 7) is 2.17. The van der Waals surface area contributed by atoms with E-state index in [2.05, 4.69) is 0 Å². The predicted molar refractivity (Wildman–Crippen MR) is 115 cm³/mol. The fourth-order valence-corrected chi connectivity index (χ4v) is 8.09. The van der Waals surface area contributed by atoms with E-state index in [1.807, 2.05) is 6.92 Å². The maximum Gasteiger partial charge on any atom is 0.297 e. The van der Waals surface area contributed by atoms with Gasteiger partial charge in [-0.2, -0.15) is 8.42 Å². The second-order valence-electron chi connectivity index (χ2n) is 10.4. The van der Waals surface area contributed by atoms with Crippen molar-refractivity contribution in [2.45, 2.75) is 75.1 Å². The van der Waals surface area contributed by atoms with E-state index in [0.717, 1.165) is 23.3 Å². The van der Waals surface area contributed by atoms with Crippen LogP contribution in [-0.2, 0) is 28.5 Å². The highest BCUT2D eigenvalue weighted by Gasteiger charge is 2.58. The molecule has 0 aromatic heterocycles. The number of hydrogen-bond donors (Lipinski definition) is 0. The van der Waals surface area contributed by atoms with Crippen molar-refractivity contribution in [1.82, 2.24) is 0 Å². The molecule has 1 aliphatic heterocycles. The number of rotatable bonds is 8. The van der Waals surface area contributed by atoms with Crippen LogP contribution in [0.3, 0.4) is 0 Å². The maximum absolute atomic E-state index is 12.6. The van der Waals surface area contributed by atoms with Crippen molar-refractivity contribution in [3.63, 3.8) is 0 Å². The topological polar surface area (TPSA) is 71.1 Å². The van der Waals surface area contributed by atoms with Crippen LogP contribution in [0, 0.1) is 30.1 Å². The maximum atomic E-state index is 12.6. The van der Waals surface area contributed by atoms with Crippen LogP contribution in [0.5, 0.6) is 0 Å². The third-order valence-electron chi connectivity index (χ3n) is 7.98. The molecule has 1 saturated heterocycles. The van der Waals surface area contributed by atoms with E-state index < -0.39 is 10.1 Å². The van der Waals surface area contributed by atoms with Crippen molar-refractivity contribution in [2.24, 2.45) is 23.2 Å². The number of aryl methyl sites for hydroxylation is 1. The van der Waals surface area contributed by atoms with Crippen molar-refractivity contribution in [1.29, 1.82) is 0 Å². The van der Waals surface area contributed by atoms with Gasteiger partial charge in [0.2, 0.25) is 0 Å². The summed E-state index contributed by atoms with van der Waals surface area (Å²) in [5.74, 6) is 2.44. The highest BCUT2D eigenvalue weighted by molar-refractivity contribution is 7.86. The van der Waals surface area contributed by atoms with Crippen molar-refractivity contribution in [3.8, 4) is 0 Å². The fourth-order valence-electron chi connectivity index (χ4n) is 7.15. The Morgan fingerprint density at radius 2 is 1.61 bits per heavy atom. The van der Waals surface area contributed by atoms with Gasteiger partial charge in [-0.15, -0.1) is 0 Å².